The van der Waals surface area contributed by atoms with E-state index in [1.165, 1.54) is 16.2 Å². The Morgan fingerprint density at radius 2 is 2.17 bits per heavy atom. The van der Waals surface area contributed by atoms with Gasteiger partial charge in [-0.1, -0.05) is 32.5 Å². The lowest BCUT2D eigenvalue weighted by molar-refractivity contribution is 0.375. The van der Waals surface area contributed by atoms with Gasteiger partial charge in [0.25, 0.3) is 0 Å². The van der Waals surface area contributed by atoms with Crippen LogP contribution in [0.4, 0.5) is 0 Å². The molecule has 0 bridgehead atoms. The highest BCUT2D eigenvalue weighted by Crippen LogP contribution is 2.31. The number of nitrogens with one attached hydrogen (secondary N) is 1. The summed E-state index contributed by atoms with van der Waals surface area (Å²) in [5.41, 5.74) is 0.396. The molecule has 2 heterocycles. The second kappa shape index (κ2) is 5.66. The fourth-order valence-corrected chi connectivity index (χ4v) is 4.23. The van der Waals surface area contributed by atoms with E-state index in [1.54, 1.807) is 0 Å². The summed E-state index contributed by atoms with van der Waals surface area (Å²) in [5.74, 6) is 0. The third-order valence-electron chi connectivity index (χ3n) is 2.77. The molecule has 0 spiro atoms. The third kappa shape index (κ3) is 4.32. The van der Waals surface area contributed by atoms with Crippen LogP contribution in [0.25, 0.3) is 0 Å². The van der Waals surface area contributed by atoms with E-state index >= 15 is 0 Å². The van der Waals surface area contributed by atoms with Gasteiger partial charge < -0.3 is 5.32 Å². The molecule has 18 heavy (non-hydrogen) atoms. The van der Waals surface area contributed by atoms with Crippen LogP contribution in [-0.2, 0) is 6.54 Å². The molecule has 0 radical (unpaired) electrons. The Bertz CT molecular complexity index is 429. The minimum Gasteiger partial charge on any atom is -0.360 e. The Hall–Kier alpha value is -0.480. The second-order valence-electron chi connectivity index (χ2n) is 6.02. The van der Waals surface area contributed by atoms with E-state index < -0.39 is 0 Å². The quantitative estimate of drug-likeness (QED) is 0.904. The van der Waals surface area contributed by atoms with E-state index in [9.17, 15) is 0 Å². The Balaban J connectivity index is 1.76. The monoisotopic (exact) mass is 282 g/mol. The summed E-state index contributed by atoms with van der Waals surface area (Å²) >= 11 is 3.76. The van der Waals surface area contributed by atoms with Gasteiger partial charge in [0.05, 0.1) is 13.1 Å². The molecule has 4 heteroatoms. The van der Waals surface area contributed by atoms with Gasteiger partial charge in [0.15, 0.2) is 5.17 Å². The average Bonchev–Trinajstić information content (AvgIpc) is 2.82. The molecular weight excluding hydrogens is 260 g/mol. The van der Waals surface area contributed by atoms with E-state index in [-0.39, 0.29) is 0 Å². The summed E-state index contributed by atoms with van der Waals surface area (Å²) < 4.78 is 0. The minimum atomic E-state index is 0.396. The van der Waals surface area contributed by atoms with Crippen LogP contribution >= 0.6 is 23.1 Å². The molecule has 1 N–H and O–H groups in total. The Morgan fingerprint density at radius 3 is 2.78 bits per heavy atom. The van der Waals surface area contributed by atoms with E-state index in [0.29, 0.717) is 10.7 Å². The van der Waals surface area contributed by atoms with Crippen molar-refractivity contribution in [2.24, 2.45) is 10.4 Å². The molecule has 1 aliphatic rings. The smallest absolute Gasteiger partial charge is 0.157 e. The highest BCUT2D eigenvalue weighted by atomic mass is 32.2. The van der Waals surface area contributed by atoms with Gasteiger partial charge in [-0.05, 0) is 30.9 Å². The molecule has 0 fully saturated rings. The number of nitrogens with zero attached hydrogens (tertiary/aromatic N) is 1. The average molecular weight is 282 g/mol. The molecule has 1 aliphatic heterocycles. The van der Waals surface area contributed by atoms with Crippen molar-refractivity contribution >= 4 is 28.3 Å². The molecule has 1 unspecified atom stereocenters. The summed E-state index contributed by atoms with van der Waals surface area (Å²) in [6.45, 7) is 10.9. The Kier molecular flexibility index (Phi) is 4.38. The number of hydrogen-bond donors (Lipinski definition) is 1. The molecule has 0 amide bonds. The molecule has 1 aromatic heterocycles. The number of thioether (sulfide) groups is 1. The van der Waals surface area contributed by atoms with Crippen molar-refractivity contribution < 1.29 is 0 Å². The molecule has 1 atom stereocenters. The normalized spacial score (nSPS) is 20.0. The highest BCUT2D eigenvalue weighted by Gasteiger charge is 2.24. The van der Waals surface area contributed by atoms with Crippen LogP contribution in [0.2, 0.25) is 0 Å². The summed E-state index contributed by atoms with van der Waals surface area (Å²) in [7, 11) is 0. The maximum absolute atomic E-state index is 4.60. The first-order valence-electron chi connectivity index (χ1n) is 6.43. The van der Waals surface area contributed by atoms with Gasteiger partial charge in [0.1, 0.15) is 0 Å². The number of hydrogen-bond acceptors (Lipinski definition) is 4. The zero-order valence-corrected chi connectivity index (χ0v) is 13.3. The summed E-state index contributed by atoms with van der Waals surface area (Å²) in [6.07, 6.45) is 1.23. The van der Waals surface area contributed by atoms with Crippen LogP contribution in [-0.4, -0.2) is 17.0 Å². The first kappa shape index (κ1) is 13.9. The van der Waals surface area contributed by atoms with Crippen LogP contribution in [0.3, 0.4) is 0 Å². The van der Waals surface area contributed by atoms with Crippen molar-refractivity contribution in [3.8, 4) is 0 Å². The maximum atomic E-state index is 4.60. The SMILES string of the molecule is Cc1ccc(CNC2=NCC(CC(C)(C)C)S2)s1. The largest absolute Gasteiger partial charge is 0.360 e. The lowest BCUT2D eigenvalue weighted by atomic mass is 9.90. The predicted octanol–water partition coefficient (Wildman–Crippen LogP) is 4.05. The van der Waals surface area contributed by atoms with Gasteiger partial charge >= 0.3 is 0 Å². The fraction of sp³-hybridized carbons (Fsp3) is 0.643. The number of aryl methyl sites for hydroxylation is 1. The number of rotatable bonds is 3. The standard InChI is InChI=1S/C14H22N2S2/c1-10-5-6-11(17-10)8-15-13-16-9-12(18-13)7-14(2,3)4/h5-6,12H,7-9H2,1-4H3,(H,15,16). The fourth-order valence-electron chi connectivity index (χ4n) is 2.05. The molecule has 0 saturated heterocycles. The van der Waals surface area contributed by atoms with E-state index in [0.717, 1.165) is 18.3 Å². The van der Waals surface area contributed by atoms with Crippen molar-refractivity contribution in [1.29, 1.82) is 0 Å². The molecule has 2 nitrogen and oxygen atoms in total. The molecule has 1 aromatic rings. The first-order valence-corrected chi connectivity index (χ1v) is 8.12. The van der Waals surface area contributed by atoms with Crippen LogP contribution in [0.5, 0.6) is 0 Å². The topological polar surface area (TPSA) is 24.4 Å². The lowest BCUT2D eigenvalue weighted by Gasteiger charge is -2.21. The summed E-state index contributed by atoms with van der Waals surface area (Å²) in [5, 5.41) is 5.22. The maximum Gasteiger partial charge on any atom is 0.157 e. The molecule has 0 saturated carbocycles. The van der Waals surface area contributed by atoms with Crippen LogP contribution in [0, 0.1) is 12.3 Å². The van der Waals surface area contributed by atoms with Gasteiger partial charge in [0, 0.05) is 15.0 Å². The second-order valence-corrected chi connectivity index (χ2v) is 8.68. The van der Waals surface area contributed by atoms with Crippen molar-refractivity contribution in [1.82, 2.24) is 5.32 Å². The summed E-state index contributed by atoms with van der Waals surface area (Å²) in [4.78, 5) is 7.35. The van der Waals surface area contributed by atoms with Gasteiger partial charge in [-0.2, -0.15) is 0 Å². The van der Waals surface area contributed by atoms with Gasteiger partial charge in [-0.3, -0.25) is 4.99 Å². The number of thiophene rings is 1. The lowest BCUT2D eigenvalue weighted by Crippen LogP contribution is -2.20. The number of aliphatic imine (C=N–C) groups is 1. The first-order chi connectivity index (χ1) is 8.42. The van der Waals surface area contributed by atoms with E-state index in [4.69, 9.17) is 0 Å². The van der Waals surface area contributed by atoms with Crippen LogP contribution in [0.15, 0.2) is 17.1 Å². The highest BCUT2D eigenvalue weighted by molar-refractivity contribution is 8.14. The van der Waals surface area contributed by atoms with Gasteiger partial charge in [-0.15, -0.1) is 11.3 Å². The van der Waals surface area contributed by atoms with Crippen LogP contribution < -0.4 is 5.32 Å². The van der Waals surface area contributed by atoms with Gasteiger partial charge in [0.2, 0.25) is 0 Å². The van der Waals surface area contributed by atoms with Crippen LogP contribution in [0.1, 0.15) is 36.9 Å². The Labute approximate surface area is 118 Å². The molecule has 2 rings (SSSR count). The van der Waals surface area contributed by atoms with Gasteiger partial charge in [-0.25, -0.2) is 0 Å². The summed E-state index contributed by atoms with van der Waals surface area (Å²) in [6, 6.07) is 4.37. The van der Waals surface area contributed by atoms with Crippen molar-refractivity contribution in [2.75, 3.05) is 6.54 Å². The molecule has 100 valence electrons. The van der Waals surface area contributed by atoms with Crippen molar-refractivity contribution in [3.05, 3.63) is 21.9 Å². The van der Waals surface area contributed by atoms with Crippen molar-refractivity contribution in [3.63, 3.8) is 0 Å². The minimum absolute atomic E-state index is 0.396. The van der Waals surface area contributed by atoms with Crippen molar-refractivity contribution in [2.45, 2.75) is 45.9 Å². The predicted molar refractivity (Wildman–Crippen MR) is 83.6 cm³/mol. The third-order valence-corrected chi connectivity index (χ3v) is 4.91. The molecule has 0 aliphatic carbocycles. The van der Waals surface area contributed by atoms with E-state index in [1.807, 2.05) is 23.1 Å². The number of amidine groups is 1. The molecular formula is C14H22N2S2. The zero-order chi connectivity index (χ0) is 13.2. The molecule has 0 aromatic carbocycles. The van der Waals surface area contributed by atoms with E-state index in [2.05, 4.69) is 50.1 Å². The Morgan fingerprint density at radius 1 is 1.39 bits per heavy atom. The zero-order valence-electron chi connectivity index (χ0n) is 11.6.